The quantitative estimate of drug-likeness (QED) is 0.0864. The average Bonchev–Trinajstić information content (AvgIpc) is 3.87. The number of hydrogen-bond donors (Lipinski definition) is 4. The number of thiophene rings is 1. The minimum absolute atomic E-state index is 0. The molecule has 5 amide bonds. The van der Waals surface area contributed by atoms with Gasteiger partial charge < -0.3 is 49.5 Å². The van der Waals surface area contributed by atoms with E-state index in [1.165, 1.54) is 25.2 Å². The van der Waals surface area contributed by atoms with Gasteiger partial charge in [-0.25, -0.2) is 23.9 Å². The number of ether oxygens (including phenoxy) is 3. The number of fused-ring (bicyclic) bond motifs is 5. The molecule has 23 heteroatoms. The van der Waals surface area contributed by atoms with Crippen molar-refractivity contribution in [2.75, 3.05) is 40.4 Å². The third-order valence-electron chi connectivity index (χ3n) is 15.7. The fourth-order valence-electron chi connectivity index (χ4n) is 11.4. The number of aromatic amines is 2. The highest BCUT2D eigenvalue weighted by Gasteiger charge is 2.47. The first-order chi connectivity index (χ1) is 35.8. The largest absolute Gasteiger partial charge is 0.464 e. The van der Waals surface area contributed by atoms with Crippen LogP contribution in [0.25, 0.3) is 44.7 Å². The Balaban J connectivity index is 0.00000241. The van der Waals surface area contributed by atoms with Crippen LogP contribution in [-0.4, -0.2) is 122 Å². The number of alkyl carbamates (subject to hydrolysis) is 2. The van der Waals surface area contributed by atoms with Crippen LogP contribution in [0.3, 0.4) is 0 Å². The number of methoxy groups -OCH3 is 2. The lowest BCUT2D eigenvalue weighted by molar-refractivity contribution is -0.145. The molecule has 5 fully saturated rings. The van der Waals surface area contributed by atoms with Crippen molar-refractivity contribution in [1.82, 2.24) is 49.8 Å². The normalized spacial score (nSPS) is 20.4. The first kappa shape index (κ1) is 55.6. The number of carbonyl (C=O) groups is 5. The van der Waals surface area contributed by atoms with Crippen LogP contribution in [0.2, 0.25) is 0 Å². The Morgan fingerprint density at radius 1 is 0.753 bits per heavy atom. The number of benzene rings is 2. The number of amides is 5. The molecular formula is C54H65FN10O8S4. The Morgan fingerprint density at radius 3 is 2.00 bits per heavy atom. The standard InChI is InChI=1S/C54H59FN10O8S.3H2S/c1-27(2)45(60-53(69)71-3)50(67)63-17-5-7-38(63)48-57-24-36(59-48)31-20-34(55)44-40-21-32-19-30(13-14-37(32)65(40)52(73-41(44)22-31)43-16-15-42(74-43)28-9-10-28)35-23-56-47(58-35)39-8-6-18-64(39)51(68)46(61-54(70)72-4)33-25-62(26-33)49(66)29-11-12-29;;;/h13-16,19-24,27-29,33,38-39,45-46,52H,5-12,17-18,25-26H2,1-4H3,(H,56,58)(H,57,59)(H,60,69)(H,61,70);3*1H2/t38-,39-,45-,46?,52?;;;/m0.../s1. The zero-order chi connectivity index (χ0) is 51.1. The van der Waals surface area contributed by atoms with Gasteiger partial charge in [-0.2, -0.15) is 40.5 Å². The first-order valence-electron chi connectivity index (χ1n) is 25.8. The molecule has 6 aromatic rings. The number of hydrogen-bond acceptors (Lipinski definition) is 11. The number of carbonyl (C=O) groups excluding carboxylic acids is 5. The highest BCUT2D eigenvalue weighted by atomic mass is 32.1. The third-order valence-corrected chi connectivity index (χ3v) is 17.0. The van der Waals surface area contributed by atoms with E-state index in [9.17, 15) is 24.0 Å². The Morgan fingerprint density at radius 2 is 1.38 bits per heavy atom. The van der Waals surface area contributed by atoms with Crippen molar-refractivity contribution < 1.29 is 42.6 Å². The molecule has 6 aliphatic rings. The number of likely N-dealkylation sites (tertiary alicyclic amines) is 3. The zero-order valence-corrected chi connectivity index (χ0v) is 47.0. The van der Waals surface area contributed by atoms with Gasteiger partial charge in [0.1, 0.15) is 35.3 Å². The molecule has 0 bridgehead atoms. The summed E-state index contributed by atoms with van der Waals surface area (Å²) in [5, 5.41) is 6.34. The van der Waals surface area contributed by atoms with E-state index in [4.69, 9.17) is 24.2 Å². The van der Waals surface area contributed by atoms with E-state index >= 15 is 4.39 Å². The minimum Gasteiger partial charge on any atom is -0.464 e. The maximum atomic E-state index is 17.0. The van der Waals surface area contributed by atoms with Crippen molar-refractivity contribution in [2.45, 2.75) is 102 Å². The van der Waals surface area contributed by atoms with Gasteiger partial charge in [0.2, 0.25) is 23.9 Å². The molecule has 2 saturated carbocycles. The molecule has 4 aliphatic heterocycles. The van der Waals surface area contributed by atoms with Gasteiger partial charge in [-0.3, -0.25) is 19.0 Å². The van der Waals surface area contributed by atoms with Gasteiger partial charge in [0.25, 0.3) is 0 Å². The predicted octanol–water partition coefficient (Wildman–Crippen LogP) is 8.74. The highest BCUT2D eigenvalue weighted by molar-refractivity contribution is 7.59. The monoisotopic (exact) mass is 1130 g/mol. The highest BCUT2D eigenvalue weighted by Crippen LogP contribution is 2.50. The molecule has 0 spiro atoms. The minimum atomic E-state index is -0.847. The number of rotatable bonds is 13. The number of halogens is 1. The molecule has 4 N–H and O–H groups in total. The molecule has 0 radical (unpaired) electrons. The van der Waals surface area contributed by atoms with Gasteiger partial charge in [-0.05, 0) is 106 Å². The van der Waals surface area contributed by atoms with E-state index in [2.05, 4.69) is 43.4 Å². The summed E-state index contributed by atoms with van der Waals surface area (Å²) < 4.78 is 35.7. The van der Waals surface area contributed by atoms with Crippen LogP contribution in [0.5, 0.6) is 5.75 Å². The topological polar surface area (TPSA) is 209 Å². The van der Waals surface area contributed by atoms with Gasteiger partial charge in [-0.1, -0.05) is 19.9 Å². The van der Waals surface area contributed by atoms with E-state index < -0.39 is 36.3 Å². The van der Waals surface area contributed by atoms with Gasteiger partial charge in [0.15, 0.2) is 0 Å². The molecule has 18 nitrogen and oxygen atoms in total. The van der Waals surface area contributed by atoms with Crippen molar-refractivity contribution in [3.05, 3.63) is 88.1 Å². The van der Waals surface area contributed by atoms with Crippen molar-refractivity contribution in [3.8, 4) is 39.5 Å². The van der Waals surface area contributed by atoms with Crippen LogP contribution in [0, 0.1) is 23.6 Å². The van der Waals surface area contributed by atoms with Gasteiger partial charge >= 0.3 is 12.2 Å². The Bertz CT molecular complexity index is 3220. The van der Waals surface area contributed by atoms with E-state index in [1.807, 2.05) is 38.1 Å². The molecule has 5 atom stereocenters. The third kappa shape index (κ3) is 10.4. The second-order valence-corrected chi connectivity index (χ2v) is 22.1. The second kappa shape index (κ2) is 22.3. The summed E-state index contributed by atoms with van der Waals surface area (Å²) in [7, 11) is 2.54. The SMILES string of the molecule is COC(=O)NC(C(=O)N1CCC[C@H]1c1ncc(-c2ccc3c(c2)cc2n3C(c3ccc(C4CC4)s3)Oc3cc(-c4cnc([C@@H]5CCCN5C(=O)[C@@H](NC(=O)OC)C(C)C)[nH]4)cc(F)c3-2)[nH]1)C1CN(C(=O)C2CC2)C1.S.S.S. The summed E-state index contributed by atoms with van der Waals surface area (Å²) in [5.74, 6) is 1.02. The molecule has 410 valence electrons. The maximum Gasteiger partial charge on any atom is 0.407 e. The second-order valence-electron chi connectivity index (χ2n) is 21.0. The van der Waals surface area contributed by atoms with E-state index in [0.29, 0.717) is 84.9 Å². The molecule has 4 aromatic heterocycles. The van der Waals surface area contributed by atoms with Crippen LogP contribution < -0.4 is 15.4 Å². The van der Waals surface area contributed by atoms with Crippen molar-refractivity contribution >= 4 is 92.6 Å². The summed E-state index contributed by atoms with van der Waals surface area (Å²) in [6, 6.07) is 13.4. The molecule has 3 saturated heterocycles. The molecular weight excluding hydrogens is 1060 g/mol. The fraction of sp³-hybridized carbons (Fsp3) is 0.463. The van der Waals surface area contributed by atoms with Crippen molar-refractivity contribution in [3.63, 3.8) is 0 Å². The van der Waals surface area contributed by atoms with Crippen molar-refractivity contribution in [1.29, 1.82) is 0 Å². The summed E-state index contributed by atoms with van der Waals surface area (Å²) in [4.78, 5) is 89.6. The fourth-order valence-corrected chi connectivity index (χ4v) is 12.6. The number of nitrogens with zero attached hydrogens (tertiary/aromatic N) is 6. The van der Waals surface area contributed by atoms with Gasteiger partial charge in [0, 0.05) is 59.4 Å². The molecule has 2 aliphatic carbocycles. The molecule has 8 heterocycles. The van der Waals surface area contributed by atoms with Crippen molar-refractivity contribution in [2.24, 2.45) is 17.8 Å². The Labute approximate surface area is 469 Å². The predicted molar refractivity (Wildman–Crippen MR) is 302 cm³/mol. The van der Waals surface area contributed by atoms with Crippen LogP contribution in [0.1, 0.15) is 111 Å². The van der Waals surface area contributed by atoms with Crippen LogP contribution in [0.4, 0.5) is 14.0 Å². The number of aromatic nitrogens is 5. The molecule has 2 unspecified atom stereocenters. The van der Waals surface area contributed by atoms with E-state index in [0.717, 1.165) is 65.6 Å². The van der Waals surface area contributed by atoms with Crippen LogP contribution >= 0.6 is 51.8 Å². The van der Waals surface area contributed by atoms with Gasteiger partial charge in [-0.15, -0.1) is 11.3 Å². The lowest BCUT2D eigenvalue weighted by Gasteiger charge is -2.44. The summed E-state index contributed by atoms with van der Waals surface area (Å²) in [5.41, 5.74) is 4.60. The van der Waals surface area contributed by atoms with Crippen LogP contribution in [0.15, 0.2) is 60.9 Å². The molecule has 77 heavy (non-hydrogen) atoms. The van der Waals surface area contributed by atoms with E-state index in [1.54, 1.807) is 38.4 Å². The van der Waals surface area contributed by atoms with Gasteiger partial charge in [0.05, 0.1) is 71.7 Å². The number of nitrogens with one attached hydrogen (secondary N) is 4. The average molecular weight is 1130 g/mol. The molecule has 12 rings (SSSR count). The lowest BCUT2D eigenvalue weighted by Crippen LogP contribution is -2.63. The summed E-state index contributed by atoms with van der Waals surface area (Å²) >= 11 is 1.72. The lowest BCUT2D eigenvalue weighted by atomic mass is 9.89. The maximum absolute atomic E-state index is 17.0. The Kier molecular flexibility index (Phi) is 16.1. The smallest absolute Gasteiger partial charge is 0.407 e. The molecule has 2 aromatic carbocycles. The van der Waals surface area contributed by atoms with Crippen LogP contribution in [-0.2, 0) is 23.9 Å². The van der Waals surface area contributed by atoms with E-state index in [-0.39, 0.29) is 88.0 Å². The zero-order valence-electron chi connectivity index (χ0n) is 43.2. The summed E-state index contributed by atoms with van der Waals surface area (Å²) in [6.45, 7) is 5.56. The first-order valence-corrected chi connectivity index (χ1v) is 26.6. The Hall–Kier alpha value is -6.17. The number of imidazole rings is 2. The number of H-pyrrole nitrogens is 2. The summed E-state index contributed by atoms with van der Waals surface area (Å²) in [6.07, 6.45) is 8.47.